The SMILES string of the molecule is CCN1CCc2cc(N(Cc3ccccc3)S(=O)(=O)c3cnc(C)[nH]3)ccc2C1=O. The molecule has 0 atom stereocenters. The molecule has 0 radical (unpaired) electrons. The topological polar surface area (TPSA) is 86.4 Å². The molecule has 0 unspecified atom stereocenters. The molecule has 1 amide bonds. The number of fused-ring (bicyclic) bond motifs is 1. The minimum atomic E-state index is -3.87. The van der Waals surface area contributed by atoms with Crippen molar-refractivity contribution < 1.29 is 13.2 Å². The molecular formula is C22H24N4O3S. The molecule has 1 N–H and O–H groups in total. The number of sulfonamides is 1. The van der Waals surface area contributed by atoms with E-state index in [2.05, 4.69) is 9.97 Å². The zero-order valence-corrected chi connectivity index (χ0v) is 17.8. The van der Waals surface area contributed by atoms with Gasteiger partial charge in [-0.05, 0) is 49.6 Å². The lowest BCUT2D eigenvalue weighted by atomic mass is 9.98. The van der Waals surface area contributed by atoms with Crippen molar-refractivity contribution in [2.24, 2.45) is 0 Å². The molecule has 7 nitrogen and oxygen atoms in total. The smallest absolute Gasteiger partial charge is 0.281 e. The van der Waals surface area contributed by atoms with Crippen LogP contribution >= 0.6 is 0 Å². The van der Waals surface area contributed by atoms with Crippen molar-refractivity contribution in [2.75, 3.05) is 17.4 Å². The molecule has 2 heterocycles. The Morgan fingerprint density at radius 1 is 1.17 bits per heavy atom. The van der Waals surface area contributed by atoms with Gasteiger partial charge in [0.05, 0.1) is 18.4 Å². The lowest BCUT2D eigenvalue weighted by molar-refractivity contribution is 0.0749. The zero-order valence-electron chi connectivity index (χ0n) is 17.0. The molecule has 8 heteroatoms. The van der Waals surface area contributed by atoms with Gasteiger partial charge in [-0.3, -0.25) is 9.10 Å². The standard InChI is InChI=1S/C22H24N4O3S/c1-3-25-12-11-18-13-19(9-10-20(18)22(25)27)26(15-17-7-5-4-6-8-17)30(28,29)21-14-23-16(2)24-21/h4-10,13-14H,3,11-12,15H2,1-2H3,(H,23,24). The third-order valence-electron chi connectivity index (χ3n) is 5.34. The minimum Gasteiger partial charge on any atom is -0.339 e. The Balaban J connectivity index is 1.78. The van der Waals surface area contributed by atoms with Crippen LogP contribution in [-0.4, -0.2) is 42.3 Å². The second-order valence-electron chi connectivity index (χ2n) is 7.31. The molecule has 0 spiro atoms. The Morgan fingerprint density at radius 2 is 1.93 bits per heavy atom. The highest BCUT2D eigenvalue weighted by molar-refractivity contribution is 7.92. The van der Waals surface area contributed by atoms with Crippen molar-refractivity contribution in [3.8, 4) is 0 Å². The predicted octanol–water partition coefficient (Wildman–Crippen LogP) is 3.13. The summed E-state index contributed by atoms with van der Waals surface area (Å²) >= 11 is 0. The van der Waals surface area contributed by atoms with E-state index in [-0.39, 0.29) is 17.5 Å². The first kappa shape index (κ1) is 20.2. The van der Waals surface area contributed by atoms with E-state index in [4.69, 9.17) is 0 Å². The number of hydrogen-bond donors (Lipinski definition) is 1. The molecular weight excluding hydrogens is 400 g/mol. The van der Waals surface area contributed by atoms with Gasteiger partial charge in [0.1, 0.15) is 5.82 Å². The number of nitrogens with zero attached hydrogens (tertiary/aromatic N) is 3. The minimum absolute atomic E-state index is 0.00745. The largest absolute Gasteiger partial charge is 0.339 e. The number of imidazole rings is 1. The molecule has 0 aliphatic carbocycles. The number of likely N-dealkylation sites (N-methyl/N-ethyl adjacent to an activating group) is 1. The van der Waals surface area contributed by atoms with Gasteiger partial charge in [-0.15, -0.1) is 0 Å². The van der Waals surface area contributed by atoms with E-state index in [0.717, 1.165) is 11.1 Å². The Hall–Kier alpha value is -3.13. The number of H-pyrrole nitrogens is 1. The fourth-order valence-electron chi connectivity index (χ4n) is 3.69. The predicted molar refractivity (Wildman–Crippen MR) is 115 cm³/mol. The number of aromatic nitrogens is 2. The summed E-state index contributed by atoms with van der Waals surface area (Å²) in [5, 5.41) is 0.0434. The number of carbonyl (C=O) groups is 1. The second kappa shape index (κ2) is 7.95. The first-order chi connectivity index (χ1) is 14.4. The molecule has 0 saturated heterocycles. The maximum Gasteiger partial charge on any atom is 0.281 e. The van der Waals surface area contributed by atoms with E-state index in [1.807, 2.05) is 43.3 Å². The summed E-state index contributed by atoms with van der Waals surface area (Å²) < 4.78 is 28.3. The number of aryl methyl sites for hydroxylation is 1. The monoisotopic (exact) mass is 424 g/mol. The van der Waals surface area contributed by atoms with Gasteiger partial charge in [-0.1, -0.05) is 30.3 Å². The summed E-state index contributed by atoms with van der Waals surface area (Å²) in [7, 11) is -3.87. The third-order valence-corrected chi connectivity index (χ3v) is 7.03. The molecule has 0 bridgehead atoms. The van der Waals surface area contributed by atoms with E-state index in [0.29, 0.717) is 36.6 Å². The number of benzene rings is 2. The van der Waals surface area contributed by atoms with Crippen LogP contribution in [0.2, 0.25) is 0 Å². The van der Waals surface area contributed by atoms with Crippen LogP contribution in [0.3, 0.4) is 0 Å². The number of hydrogen-bond acceptors (Lipinski definition) is 4. The average molecular weight is 425 g/mol. The maximum atomic E-state index is 13.5. The first-order valence-corrected chi connectivity index (χ1v) is 11.3. The van der Waals surface area contributed by atoms with Crippen molar-refractivity contribution in [1.82, 2.24) is 14.9 Å². The van der Waals surface area contributed by atoms with Crippen LogP contribution in [0.25, 0.3) is 0 Å². The molecule has 2 aromatic carbocycles. The number of nitrogens with one attached hydrogen (secondary N) is 1. The summed E-state index contributed by atoms with van der Waals surface area (Å²) in [6, 6.07) is 14.7. The van der Waals surface area contributed by atoms with Crippen LogP contribution in [0, 0.1) is 6.92 Å². The number of anilines is 1. The van der Waals surface area contributed by atoms with Crippen LogP contribution in [0.4, 0.5) is 5.69 Å². The molecule has 30 heavy (non-hydrogen) atoms. The van der Waals surface area contributed by atoms with Crippen LogP contribution in [-0.2, 0) is 23.0 Å². The second-order valence-corrected chi connectivity index (χ2v) is 9.14. The van der Waals surface area contributed by atoms with Gasteiger partial charge in [0.15, 0.2) is 5.03 Å². The van der Waals surface area contributed by atoms with Crippen molar-refractivity contribution in [3.05, 3.63) is 77.2 Å². The van der Waals surface area contributed by atoms with Gasteiger partial charge in [0, 0.05) is 18.7 Å². The normalized spacial score (nSPS) is 13.9. The van der Waals surface area contributed by atoms with Gasteiger partial charge >= 0.3 is 0 Å². The van der Waals surface area contributed by atoms with Gasteiger partial charge in [0.25, 0.3) is 15.9 Å². The van der Waals surface area contributed by atoms with Gasteiger partial charge < -0.3 is 9.88 Å². The molecule has 1 aromatic heterocycles. The fraction of sp³-hybridized carbons (Fsp3) is 0.273. The highest BCUT2D eigenvalue weighted by Crippen LogP contribution is 2.29. The Morgan fingerprint density at radius 3 is 2.60 bits per heavy atom. The molecule has 4 rings (SSSR count). The number of carbonyl (C=O) groups excluding carboxylic acids is 1. The van der Waals surface area contributed by atoms with Crippen molar-refractivity contribution in [1.29, 1.82) is 0 Å². The molecule has 0 fully saturated rings. The van der Waals surface area contributed by atoms with Crippen LogP contribution in [0.5, 0.6) is 0 Å². The van der Waals surface area contributed by atoms with E-state index in [9.17, 15) is 13.2 Å². The highest BCUT2D eigenvalue weighted by atomic mass is 32.2. The molecule has 0 saturated carbocycles. The Labute approximate surface area is 176 Å². The molecule has 1 aliphatic heterocycles. The maximum absolute atomic E-state index is 13.5. The van der Waals surface area contributed by atoms with Crippen molar-refractivity contribution in [2.45, 2.75) is 31.8 Å². The van der Waals surface area contributed by atoms with Crippen LogP contribution < -0.4 is 4.31 Å². The van der Waals surface area contributed by atoms with Gasteiger partial charge in [0.2, 0.25) is 0 Å². The Bertz CT molecular complexity index is 1170. The van der Waals surface area contributed by atoms with E-state index in [1.54, 1.807) is 24.0 Å². The zero-order chi connectivity index (χ0) is 21.3. The van der Waals surface area contributed by atoms with E-state index >= 15 is 0 Å². The number of aromatic amines is 1. The summed E-state index contributed by atoms with van der Waals surface area (Å²) in [4.78, 5) is 21.3. The Kier molecular flexibility index (Phi) is 5.34. The van der Waals surface area contributed by atoms with Crippen LogP contribution in [0.1, 0.15) is 34.2 Å². The lowest BCUT2D eigenvalue weighted by Gasteiger charge is -2.29. The van der Waals surface area contributed by atoms with E-state index in [1.165, 1.54) is 10.5 Å². The number of amides is 1. The third kappa shape index (κ3) is 3.70. The van der Waals surface area contributed by atoms with Crippen molar-refractivity contribution >= 4 is 21.6 Å². The fourth-order valence-corrected chi connectivity index (χ4v) is 5.10. The lowest BCUT2D eigenvalue weighted by Crippen LogP contribution is -2.37. The molecule has 1 aliphatic rings. The molecule has 3 aromatic rings. The summed E-state index contributed by atoms with van der Waals surface area (Å²) in [6.07, 6.45) is 2.04. The van der Waals surface area contributed by atoms with Gasteiger partial charge in [-0.25, -0.2) is 4.98 Å². The highest BCUT2D eigenvalue weighted by Gasteiger charge is 2.29. The quantitative estimate of drug-likeness (QED) is 0.659. The summed E-state index contributed by atoms with van der Waals surface area (Å²) in [5.41, 5.74) is 2.91. The summed E-state index contributed by atoms with van der Waals surface area (Å²) in [6.45, 7) is 5.14. The number of rotatable bonds is 6. The average Bonchev–Trinajstić information content (AvgIpc) is 3.20. The van der Waals surface area contributed by atoms with Gasteiger partial charge in [-0.2, -0.15) is 8.42 Å². The first-order valence-electron chi connectivity index (χ1n) is 9.90. The molecule has 156 valence electrons. The summed E-state index contributed by atoms with van der Waals surface area (Å²) in [5.74, 6) is 0.524. The van der Waals surface area contributed by atoms with Crippen molar-refractivity contribution in [3.63, 3.8) is 0 Å². The van der Waals surface area contributed by atoms with E-state index < -0.39 is 10.0 Å². The van der Waals surface area contributed by atoms with Crippen LogP contribution in [0.15, 0.2) is 59.8 Å².